The van der Waals surface area contributed by atoms with E-state index in [1.54, 1.807) is 13.1 Å². The molecule has 0 saturated heterocycles. The van der Waals surface area contributed by atoms with Crippen LogP contribution < -0.4 is 10.6 Å². The van der Waals surface area contributed by atoms with Crippen molar-refractivity contribution >= 4 is 17.5 Å². The molecule has 9 heteroatoms. The highest BCUT2D eigenvalue weighted by molar-refractivity contribution is 5.57. The molecule has 0 saturated carbocycles. The van der Waals surface area contributed by atoms with Gasteiger partial charge in [0.2, 0.25) is 5.95 Å². The van der Waals surface area contributed by atoms with Gasteiger partial charge < -0.3 is 10.6 Å². The zero-order valence-corrected chi connectivity index (χ0v) is 10.1. The summed E-state index contributed by atoms with van der Waals surface area (Å²) in [5, 5.41) is 11.7. The zero-order chi connectivity index (χ0) is 14.0. The van der Waals surface area contributed by atoms with Gasteiger partial charge in [-0.25, -0.2) is 4.98 Å². The number of aromatic nitrogens is 4. The van der Waals surface area contributed by atoms with Crippen molar-refractivity contribution in [3.05, 3.63) is 23.7 Å². The van der Waals surface area contributed by atoms with Gasteiger partial charge in [-0.3, -0.25) is 5.10 Å². The zero-order valence-electron chi connectivity index (χ0n) is 10.1. The van der Waals surface area contributed by atoms with E-state index < -0.39 is 11.7 Å². The quantitative estimate of drug-likeness (QED) is 0.799. The van der Waals surface area contributed by atoms with Crippen LogP contribution in [-0.2, 0) is 6.18 Å². The van der Waals surface area contributed by atoms with E-state index in [0.717, 1.165) is 6.20 Å². The second-order valence-corrected chi connectivity index (χ2v) is 3.71. The van der Waals surface area contributed by atoms with Gasteiger partial charge in [0.1, 0.15) is 11.4 Å². The Kier molecular flexibility index (Phi) is 3.28. The van der Waals surface area contributed by atoms with Crippen molar-refractivity contribution in [3.8, 4) is 0 Å². The third-order valence-electron chi connectivity index (χ3n) is 2.41. The molecular weight excluding hydrogens is 261 g/mol. The molecule has 3 N–H and O–H groups in total. The lowest BCUT2D eigenvalue weighted by Gasteiger charge is -2.12. The van der Waals surface area contributed by atoms with Crippen molar-refractivity contribution in [2.75, 3.05) is 17.7 Å². The van der Waals surface area contributed by atoms with Gasteiger partial charge in [-0.2, -0.15) is 23.3 Å². The summed E-state index contributed by atoms with van der Waals surface area (Å²) in [6.45, 7) is 1.74. The van der Waals surface area contributed by atoms with E-state index in [1.165, 1.54) is 7.05 Å². The number of aromatic amines is 1. The fourth-order valence-electron chi connectivity index (χ4n) is 1.45. The van der Waals surface area contributed by atoms with Gasteiger partial charge in [-0.05, 0) is 6.92 Å². The molecule has 0 aliphatic rings. The highest BCUT2D eigenvalue weighted by atomic mass is 19.4. The summed E-state index contributed by atoms with van der Waals surface area (Å²) in [4.78, 5) is 7.42. The molecule has 2 aromatic heterocycles. The molecule has 0 radical (unpaired) electrons. The minimum absolute atomic E-state index is 0.0573. The van der Waals surface area contributed by atoms with Crippen molar-refractivity contribution in [3.63, 3.8) is 0 Å². The molecule has 2 heterocycles. The Hall–Kier alpha value is -2.32. The second kappa shape index (κ2) is 4.75. The first-order valence-corrected chi connectivity index (χ1v) is 5.31. The van der Waals surface area contributed by atoms with E-state index in [9.17, 15) is 13.2 Å². The van der Waals surface area contributed by atoms with Crippen LogP contribution in [0.3, 0.4) is 0 Å². The van der Waals surface area contributed by atoms with E-state index in [1.807, 2.05) is 0 Å². The van der Waals surface area contributed by atoms with E-state index in [-0.39, 0.29) is 11.8 Å². The van der Waals surface area contributed by atoms with Gasteiger partial charge in [0, 0.05) is 19.4 Å². The van der Waals surface area contributed by atoms with E-state index in [4.69, 9.17) is 0 Å². The normalized spacial score (nSPS) is 11.4. The minimum atomic E-state index is -4.50. The third kappa shape index (κ3) is 2.75. The first-order chi connectivity index (χ1) is 8.91. The van der Waals surface area contributed by atoms with Crippen LogP contribution >= 0.6 is 0 Å². The SMILES string of the molecule is CNc1nc(Nc2c[nH]nc2C)ncc1C(F)(F)F. The summed E-state index contributed by atoms with van der Waals surface area (Å²) in [5.41, 5.74) is 0.348. The van der Waals surface area contributed by atoms with Crippen LogP contribution in [0.15, 0.2) is 12.4 Å². The lowest BCUT2D eigenvalue weighted by molar-refractivity contribution is -0.137. The topological polar surface area (TPSA) is 78.5 Å². The maximum atomic E-state index is 12.7. The Balaban J connectivity index is 2.32. The van der Waals surface area contributed by atoms with Gasteiger partial charge in [-0.1, -0.05) is 0 Å². The molecule has 0 atom stereocenters. The molecule has 0 unspecified atom stereocenters. The molecule has 0 aromatic carbocycles. The van der Waals surface area contributed by atoms with Crippen LogP contribution in [0.5, 0.6) is 0 Å². The summed E-state index contributed by atoms with van der Waals surface area (Å²) < 4.78 is 38.0. The molecule has 19 heavy (non-hydrogen) atoms. The minimum Gasteiger partial charge on any atom is -0.372 e. The Morgan fingerprint density at radius 3 is 2.58 bits per heavy atom. The molecule has 2 aromatic rings. The molecule has 0 spiro atoms. The van der Waals surface area contributed by atoms with Gasteiger partial charge in [0.15, 0.2) is 0 Å². The number of halogens is 3. The van der Waals surface area contributed by atoms with Crippen LogP contribution in [0.4, 0.5) is 30.6 Å². The van der Waals surface area contributed by atoms with Gasteiger partial charge >= 0.3 is 6.18 Å². The summed E-state index contributed by atoms with van der Waals surface area (Å²) in [6.07, 6.45) is -2.20. The molecule has 0 fully saturated rings. The summed E-state index contributed by atoms with van der Waals surface area (Å²) >= 11 is 0. The first-order valence-electron chi connectivity index (χ1n) is 5.31. The number of hydrogen-bond acceptors (Lipinski definition) is 5. The largest absolute Gasteiger partial charge is 0.421 e. The number of nitrogens with zero attached hydrogens (tertiary/aromatic N) is 3. The highest BCUT2D eigenvalue weighted by Gasteiger charge is 2.35. The van der Waals surface area contributed by atoms with Crippen LogP contribution in [0.2, 0.25) is 0 Å². The maximum absolute atomic E-state index is 12.7. The average Bonchev–Trinajstić information content (AvgIpc) is 2.73. The number of hydrogen-bond donors (Lipinski definition) is 3. The fraction of sp³-hybridized carbons (Fsp3) is 0.300. The summed E-state index contributed by atoms with van der Waals surface area (Å²) in [7, 11) is 1.37. The molecule has 0 aliphatic heterocycles. The smallest absolute Gasteiger partial charge is 0.372 e. The van der Waals surface area contributed by atoms with Gasteiger partial charge in [0.25, 0.3) is 0 Å². The Morgan fingerprint density at radius 1 is 1.32 bits per heavy atom. The summed E-state index contributed by atoms with van der Waals surface area (Å²) in [6, 6.07) is 0. The Bertz CT molecular complexity index is 577. The lowest BCUT2D eigenvalue weighted by Crippen LogP contribution is -2.12. The lowest BCUT2D eigenvalue weighted by atomic mass is 10.3. The number of H-pyrrole nitrogens is 1. The van der Waals surface area contributed by atoms with Gasteiger partial charge in [0.05, 0.1) is 11.4 Å². The van der Waals surface area contributed by atoms with E-state index >= 15 is 0 Å². The molecule has 0 aliphatic carbocycles. The second-order valence-electron chi connectivity index (χ2n) is 3.71. The molecule has 102 valence electrons. The third-order valence-corrected chi connectivity index (χ3v) is 2.41. The van der Waals surface area contributed by atoms with Crippen LogP contribution in [0.25, 0.3) is 0 Å². The average molecular weight is 272 g/mol. The van der Waals surface area contributed by atoms with Crippen molar-refractivity contribution in [1.82, 2.24) is 20.2 Å². The predicted octanol–water partition coefficient (Wildman–Crippen LogP) is 2.31. The molecular formula is C10H11F3N6. The standard InChI is InChI=1S/C10H11F3N6/c1-5-7(4-16-19-5)17-9-15-3-6(10(11,12)13)8(14-2)18-9/h3-4H,1-2H3,(H,16,19)(H2,14,15,17,18). The van der Waals surface area contributed by atoms with Crippen LogP contribution in [-0.4, -0.2) is 27.2 Å². The fourth-order valence-corrected chi connectivity index (χ4v) is 1.45. The van der Waals surface area contributed by atoms with Crippen molar-refractivity contribution in [2.24, 2.45) is 0 Å². The van der Waals surface area contributed by atoms with Crippen molar-refractivity contribution in [1.29, 1.82) is 0 Å². The number of alkyl halides is 3. The monoisotopic (exact) mass is 272 g/mol. The number of aryl methyl sites for hydroxylation is 1. The maximum Gasteiger partial charge on any atom is 0.421 e. The highest BCUT2D eigenvalue weighted by Crippen LogP contribution is 2.33. The summed E-state index contributed by atoms with van der Waals surface area (Å²) in [5.74, 6) is -0.229. The van der Waals surface area contributed by atoms with E-state index in [2.05, 4.69) is 30.8 Å². The number of nitrogens with one attached hydrogen (secondary N) is 3. The van der Waals surface area contributed by atoms with Crippen LogP contribution in [0.1, 0.15) is 11.3 Å². The molecule has 6 nitrogen and oxygen atoms in total. The molecule has 0 amide bonds. The predicted molar refractivity (Wildman–Crippen MR) is 63.2 cm³/mol. The van der Waals surface area contributed by atoms with E-state index in [0.29, 0.717) is 11.4 Å². The number of anilines is 3. The van der Waals surface area contributed by atoms with Gasteiger partial charge in [-0.15, -0.1) is 0 Å². The van der Waals surface area contributed by atoms with Crippen molar-refractivity contribution < 1.29 is 13.2 Å². The first kappa shape index (κ1) is 13.1. The van der Waals surface area contributed by atoms with Crippen molar-refractivity contribution in [2.45, 2.75) is 13.1 Å². The Morgan fingerprint density at radius 2 is 2.05 bits per heavy atom. The molecule has 0 bridgehead atoms. The Labute approximate surface area is 106 Å². The number of rotatable bonds is 3. The molecule has 2 rings (SSSR count). The van der Waals surface area contributed by atoms with Crippen LogP contribution in [0, 0.1) is 6.92 Å².